The number of aromatic nitrogens is 1. The molecule has 0 bridgehead atoms. The smallest absolute Gasteiger partial charge is 0.255 e. The predicted molar refractivity (Wildman–Crippen MR) is 126 cm³/mol. The Hall–Kier alpha value is -2.73. The fourth-order valence-electron chi connectivity index (χ4n) is 4.89. The molecule has 2 atom stereocenters. The summed E-state index contributed by atoms with van der Waals surface area (Å²) in [5, 5.41) is 11.5. The van der Waals surface area contributed by atoms with Crippen LogP contribution in [0, 0.1) is 17.2 Å². The van der Waals surface area contributed by atoms with Gasteiger partial charge in [0.05, 0.1) is 11.4 Å². The van der Waals surface area contributed by atoms with Gasteiger partial charge in [-0.2, -0.15) is 0 Å². The summed E-state index contributed by atoms with van der Waals surface area (Å²) in [7, 11) is 0. The number of hydrogen-bond acceptors (Lipinski definition) is 4. The number of unbranched alkanes of at least 4 members (excludes halogenated alkanes) is 1. The SMILES string of the molecule is CCC1CCCn2c(cc3ccc(C(=O)NC(C=N)=CCCCC4CCOC4)cc32)C1=O. The van der Waals surface area contributed by atoms with Crippen LogP contribution in [0.15, 0.2) is 36.0 Å². The van der Waals surface area contributed by atoms with Gasteiger partial charge in [0.15, 0.2) is 5.78 Å². The van der Waals surface area contributed by atoms with Crippen LogP contribution in [0.5, 0.6) is 0 Å². The van der Waals surface area contributed by atoms with Gasteiger partial charge in [0.25, 0.3) is 5.91 Å². The lowest BCUT2D eigenvalue weighted by Crippen LogP contribution is -2.23. The van der Waals surface area contributed by atoms with Crippen molar-refractivity contribution in [3.8, 4) is 0 Å². The van der Waals surface area contributed by atoms with Crippen LogP contribution in [0.3, 0.4) is 0 Å². The number of carbonyl (C=O) groups excluding carboxylic acids is 2. The number of ketones is 1. The standard InChI is InChI=1S/C26H33N3O3/c1-2-19-7-5-12-29-23-15-21(10-9-20(23)14-24(29)25(19)30)26(31)28-22(16-27)8-4-3-6-18-11-13-32-17-18/h8-10,14-16,18-19,27H,2-7,11-13,17H2,1H3,(H,28,31). The van der Waals surface area contributed by atoms with Gasteiger partial charge in [0.2, 0.25) is 0 Å². The minimum Gasteiger partial charge on any atom is -0.381 e. The van der Waals surface area contributed by atoms with Gasteiger partial charge in [-0.25, -0.2) is 0 Å². The van der Waals surface area contributed by atoms with Crippen LogP contribution < -0.4 is 5.32 Å². The van der Waals surface area contributed by atoms with Crippen molar-refractivity contribution in [1.29, 1.82) is 5.41 Å². The van der Waals surface area contributed by atoms with Gasteiger partial charge in [-0.1, -0.05) is 19.1 Å². The monoisotopic (exact) mass is 435 g/mol. The molecule has 1 amide bonds. The molecule has 1 aromatic carbocycles. The molecule has 2 aliphatic heterocycles. The lowest BCUT2D eigenvalue weighted by Gasteiger charge is -2.09. The molecule has 170 valence electrons. The minimum absolute atomic E-state index is 0.0878. The largest absolute Gasteiger partial charge is 0.381 e. The van der Waals surface area contributed by atoms with E-state index in [2.05, 4.69) is 16.8 Å². The van der Waals surface area contributed by atoms with Crippen LogP contribution in [0.2, 0.25) is 0 Å². The second-order valence-electron chi connectivity index (χ2n) is 8.98. The number of hydrogen-bond donors (Lipinski definition) is 2. The number of ether oxygens (including phenoxy) is 1. The van der Waals surface area contributed by atoms with Crippen molar-refractivity contribution in [2.45, 2.75) is 58.4 Å². The number of nitrogens with one attached hydrogen (secondary N) is 2. The van der Waals surface area contributed by atoms with Gasteiger partial charge >= 0.3 is 0 Å². The van der Waals surface area contributed by atoms with Gasteiger partial charge in [0, 0.05) is 48.4 Å². The Morgan fingerprint density at radius 1 is 1.31 bits per heavy atom. The van der Waals surface area contributed by atoms with Crippen molar-refractivity contribution in [3.63, 3.8) is 0 Å². The summed E-state index contributed by atoms with van der Waals surface area (Å²) in [4.78, 5) is 25.8. The van der Waals surface area contributed by atoms with Crippen molar-refractivity contribution in [2.75, 3.05) is 13.2 Å². The third-order valence-corrected chi connectivity index (χ3v) is 6.83. The lowest BCUT2D eigenvalue weighted by atomic mass is 9.95. The molecule has 1 saturated heterocycles. The second kappa shape index (κ2) is 10.3. The molecule has 4 rings (SSSR count). The van der Waals surface area contributed by atoms with Crippen molar-refractivity contribution in [3.05, 3.63) is 47.3 Å². The summed E-state index contributed by atoms with van der Waals surface area (Å²) in [5.74, 6) is 0.716. The third kappa shape index (κ3) is 4.85. The lowest BCUT2D eigenvalue weighted by molar-refractivity contribution is 0.0908. The molecule has 3 heterocycles. The summed E-state index contributed by atoms with van der Waals surface area (Å²) in [6.07, 6.45) is 9.96. The van der Waals surface area contributed by atoms with E-state index in [1.54, 1.807) is 6.07 Å². The zero-order valence-electron chi connectivity index (χ0n) is 18.9. The molecule has 6 nitrogen and oxygen atoms in total. The quantitative estimate of drug-likeness (QED) is 0.446. The molecule has 2 N–H and O–H groups in total. The van der Waals surface area contributed by atoms with Crippen molar-refractivity contribution in [1.82, 2.24) is 9.88 Å². The molecule has 1 aromatic heterocycles. The molecule has 0 aliphatic carbocycles. The molecule has 0 radical (unpaired) electrons. The first-order valence-corrected chi connectivity index (χ1v) is 11.9. The molecule has 0 saturated carbocycles. The van der Waals surface area contributed by atoms with Crippen molar-refractivity contribution >= 4 is 28.8 Å². The second-order valence-corrected chi connectivity index (χ2v) is 8.98. The number of benzene rings is 1. The maximum Gasteiger partial charge on any atom is 0.255 e. The zero-order chi connectivity index (χ0) is 22.5. The Morgan fingerprint density at radius 2 is 2.19 bits per heavy atom. The van der Waals surface area contributed by atoms with E-state index in [9.17, 15) is 9.59 Å². The highest BCUT2D eigenvalue weighted by molar-refractivity contribution is 6.04. The Morgan fingerprint density at radius 3 is 2.94 bits per heavy atom. The van der Waals surface area contributed by atoms with Gasteiger partial charge in [-0.05, 0) is 69.1 Å². The number of nitrogens with zero attached hydrogens (tertiary/aromatic N) is 1. The zero-order valence-corrected chi connectivity index (χ0v) is 18.9. The van der Waals surface area contributed by atoms with Crippen molar-refractivity contribution in [2.24, 2.45) is 11.8 Å². The number of Topliss-reactive ketones (excluding diaryl/α,β-unsaturated/α-hetero) is 1. The highest BCUT2D eigenvalue weighted by atomic mass is 16.5. The Kier molecular flexibility index (Phi) is 7.20. The molecule has 6 heteroatoms. The predicted octanol–water partition coefficient (Wildman–Crippen LogP) is 5.11. The Labute approximate surface area is 189 Å². The third-order valence-electron chi connectivity index (χ3n) is 6.83. The van der Waals surface area contributed by atoms with Gasteiger partial charge in [-0.3, -0.25) is 9.59 Å². The maximum absolute atomic E-state index is 12.9. The topological polar surface area (TPSA) is 84.2 Å². The molecule has 2 aliphatic rings. The molecular weight excluding hydrogens is 402 g/mol. The van der Waals surface area contributed by atoms with Gasteiger partial charge in [0.1, 0.15) is 0 Å². The number of carbonyl (C=O) groups is 2. The molecule has 1 fully saturated rings. The fourth-order valence-corrected chi connectivity index (χ4v) is 4.89. The van der Waals surface area contributed by atoms with E-state index in [1.807, 2.05) is 24.3 Å². The van der Waals surface area contributed by atoms with E-state index < -0.39 is 0 Å². The molecule has 2 unspecified atom stereocenters. The van der Waals surface area contributed by atoms with E-state index in [4.69, 9.17) is 10.1 Å². The highest BCUT2D eigenvalue weighted by Crippen LogP contribution is 2.29. The van der Waals surface area contributed by atoms with Crippen LogP contribution in [0.1, 0.15) is 72.7 Å². The molecule has 0 spiro atoms. The van der Waals surface area contributed by atoms with Gasteiger partial charge in [-0.15, -0.1) is 0 Å². The molecular formula is C26H33N3O3. The average Bonchev–Trinajstić information content (AvgIpc) is 3.42. The Bertz CT molecular complexity index is 1030. The summed E-state index contributed by atoms with van der Waals surface area (Å²) < 4.78 is 7.49. The van der Waals surface area contributed by atoms with E-state index in [0.29, 0.717) is 17.2 Å². The van der Waals surface area contributed by atoms with Gasteiger partial charge < -0.3 is 20.0 Å². The fraction of sp³-hybridized carbons (Fsp3) is 0.500. The minimum atomic E-state index is -0.229. The summed E-state index contributed by atoms with van der Waals surface area (Å²) >= 11 is 0. The van der Waals surface area contributed by atoms with Crippen LogP contribution in [0.4, 0.5) is 0 Å². The van der Waals surface area contributed by atoms with Crippen molar-refractivity contribution < 1.29 is 14.3 Å². The van der Waals surface area contributed by atoms with Crippen LogP contribution in [-0.4, -0.2) is 35.7 Å². The molecule has 32 heavy (non-hydrogen) atoms. The van der Waals surface area contributed by atoms with Crippen LogP contribution in [0.25, 0.3) is 10.9 Å². The number of rotatable bonds is 8. The summed E-state index contributed by atoms with van der Waals surface area (Å²) in [6, 6.07) is 7.54. The maximum atomic E-state index is 12.9. The summed E-state index contributed by atoms with van der Waals surface area (Å²) in [5.41, 5.74) is 2.75. The normalized spacial score (nSPS) is 21.4. The van der Waals surface area contributed by atoms with E-state index in [-0.39, 0.29) is 17.6 Å². The van der Waals surface area contributed by atoms with E-state index in [0.717, 1.165) is 81.3 Å². The number of fused-ring (bicyclic) bond motifs is 3. The first kappa shape index (κ1) is 22.5. The van der Waals surface area contributed by atoms with E-state index in [1.165, 1.54) is 6.21 Å². The number of aryl methyl sites for hydroxylation is 1. The average molecular weight is 436 g/mol. The first-order chi connectivity index (χ1) is 15.6. The molecule has 2 aromatic rings. The highest BCUT2D eigenvalue weighted by Gasteiger charge is 2.26. The van der Waals surface area contributed by atoms with Crippen LogP contribution in [-0.2, 0) is 11.3 Å². The van der Waals surface area contributed by atoms with E-state index >= 15 is 0 Å². The number of allylic oxidation sites excluding steroid dienone is 2. The summed E-state index contributed by atoms with van der Waals surface area (Å²) in [6.45, 7) is 4.59. The first-order valence-electron chi connectivity index (χ1n) is 11.9. The Balaban J connectivity index is 1.46. The van der Waals surface area contributed by atoms with Crippen LogP contribution >= 0.6 is 0 Å². The number of amides is 1.